The molecule has 0 saturated carbocycles. The van der Waals surface area contributed by atoms with Crippen molar-refractivity contribution in [2.24, 2.45) is 10.9 Å². The minimum atomic E-state index is 0. The molecule has 0 bridgehead atoms. The first kappa shape index (κ1) is 25.8. The van der Waals surface area contributed by atoms with Gasteiger partial charge in [0.15, 0.2) is 5.96 Å². The average Bonchev–Trinajstić information content (AvgIpc) is 3.23. The van der Waals surface area contributed by atoms with Crippen LogP contribution in [0.1, 0.15) is 38.3 Å². The number of guanidine groups is 1. The zero-order valence-corrected chi connectivity index (χ0v) is 20.4. The Hall–Kier alpha value is -1.26. The zero-order chi connectivity index (χ0) is 20.2. The summed E-state index contributed by atoms with van der Waals surface area (Å²) in [5.41, 5.74) is 1.02. The summed E-state index contributed by atoms with van der Waals surface area (Å²) in [7, 11) is 3.34. The summed E-state index contributed by atoms with van der Waals surface area (Å²) in [5, 5.41) is 6.74. The standard InChI is InChI=1S/C21H35N3O4.HI/c1-5-22-21(23-10-6-11-27-14-17-9-12-28-15-17)24-16(2)19-13-18(25-3)7-8-20(19)26-4;/h7-8,13,16-17H,5-6,9-12,14-15H2,1-4H3,(H2,22,23,24);1H. The summed E-state index contributed by atoms with van der Waals surface area (Å²) in [6.07, 6.45) is 2.00. The second kappa shape index (κ2) is 14.7. The minimum Gasteiger partial charge on any atom is -0.497 e. The van der Waals surface area contributed by atoms with Crippen molar-refractivity contribution in [2.75, 3.05) is 53.7 Å². The van der Waals surface area contributed by atoms with Crippen molar-refractivity contribution >= 4 is 29.9 Å². The molecule has 166 valence electrons. The third-order valence-corrected chi connectivity index (χ3v) is 4.70. The quantitative estimate of drug-likeness (QED) is 0.201. The maximum absolute atomic E-state index is 5.75. The number of hydrogen-bond donors (Lipinski definition) is 2. The minimum absolute atomic E-state index is 0. The van der Waals surface area contributed by atoms with E-state index in [1.165, 1.54) is 0 Å². The molecule has 0 aromatic heterocycles. The average molecular weight is 521 g/mol. The Kier molecular flexibility index (Phi) is 13.0. The van der Waals surface area contributed by atoms with Crippen LogP contribution in [0.5, 0.6) is 11.5 Å². The SMILES string of the molecule is CCNC(=NCCCOCC1CCOC1)NC(C)c1cc(OC)ccc1OC.I. The molecule has 1 aromatic carbocycles. The van der Waals surface area contributed by atoms with Gasteiger partial charge in [0.05, 0.1) is 33.5 Å². The fourth-order valence-corrected chi connectivity index (χ4v) is 3.10. The Balaban J connectivity index is 0.00000420. The van der Waals surface area contributed by atoms with Crippen LogP contribution in [-0.2, 0) is 9.47 Å². The summed E-state index contributed by atoms with van der Waals surface area (Å²) in [6, 6.07) is 5.82. The number of halogens is 1. The number of hydrogen-bond acceptors (Lipinski definition) is 5. The second-order valence-electron chi connectivity index (χ2n) is 6.89. The van der Waals surface area contributed by atoms with Gasteiger partial charge in [-0.3, -0.25) is 4.99 Å². The highest BCUT2D eigenvalue weighted by Crippen LogP contribution is 2.29. The third kappa shape index (κ3) is 8.96. The van der Waals surface area contributed by atoms with Crippen LogP contribution in [0.3, 0.4) is 0 Å². The van der Waals surface area contributed by atoms with E-state index in [2.05, 4.69) is 29.5 Å². The van der Waals surface area contributed by atoms with Crippen molar-refractivity contribution in [3.05, 3.63) is 23.8 Å². The van der Waals surface area contributed by atoms with Crippen LogP contribution < -0.4 is 20.1 Å². The molecular formula is C21H36IN3O4. The van der Waals surface area contributed by atoms with Gasteiger partial charge in [0.25, 0.3) is 0 Å². The summed E-state index contributed by atoms with van der Waals surface area (Å²) < 4.78 is 21.9. The van der Waals surface area contributed by atoms with Gasteiger partial charge in [-0.05, 0) is 44.9 Å². The monoisotopic (exact) mass is 521 g/mol. The van der Waals surface area contributed by atoms with Gasteiger partial charge in [-0.2, -0.15) is 0 Å². The number of aliphatic imine (C=N–C) groups is 1. The lowest BCUT2D eigenvalue weighted by atomic mass is 10.1. The Morgan fingerprint density at radius 2 is 2.14 bits per heavy atom. The van der Waals surface area contributed by atoms with Crippen molar-refractivity contribution in [2.45, 2.75) is 32.7 Å². The van der Waals surface area contributed by atoms with Gasteiger partial charge in [0.2, 0.25) is 0 Å². The van der Waals surface area contributed by atoms with Crippen molar-refractivity contribution in [1.82, 2.24) is 10.6 Å². The highest BCUT2D eigenvalue weighted by Gasteiger charge is 2.16. The molecule has 0 spiro atoms. The van der Waals surface area contributed by atoms with Gasteiger partial charge in [-0.1, -0.05) is 0 Å². The maximum atomic E-state index is 5.75. The summed E-state index contributed by atoms with van der Waals surface area (Å²) >= 11 is 0. The number of methoxy groups -OCH3 is 2. The largest absolute Gasteiger partial charge is 0.497 e. The van der Waals surface area contributed by atoms with E-state index < -0.39 is 0 Å². The molecule has 2 unspecified atom stereocenters. The maximum Gasteiger partial charge on any atom is 0.191 e. The molecule has 2 rings (SSSR count). The molecule has 1 heterocycles. The van der Waals surface area contributed by atoms with E-state index in [4.69, 9.17) is 18.9 Å². The molecule has 0 amide bonds. The van der Waals surface area contributed by atoms with E-state index in [1.54, 1.807) is 14.2 Å². The van der Waals surface area contributed by atoms with Crippen LogP contribution in [0.25, 0.3) is 0 Å². The predicted octanol–water partition coefficient (Wildman–Crippen LogP) is 3.38. The van der Waals surface area contributed by atoms with Crippen molar-refractivity contribution in [1.29, 1.82) is 0 Å². The second-order valence-corrected chi connectivity index (χ2v) is 6.89. The Morgan fingerprint density at radius 3 is 2.79 bits per heavy atom. The first-order valence-electron chi connectivity index (χ1n) is 10.1. The van der Waals surface area contributed by atoms with Crippen LogP contribution in [-0.4, -0.2) is 59.7 Å². The number of benzene rings is 1. The van der Waals surface area contributed by atoms with Gasteiger partial charge in [-0.15, -0.1) is 24.0 Å². The topological polar surface area (TPSA) is 73.3 Å². The summed E-state index contributed by atoms with van der Waals surface area (Å²) in [6.45, 7) is 8.85. The van der Waals surface area contributed by atoms with E-state index in [9.17, 15) is 0 Å². The Labute approximate surface area is 191 Å². The van der Waals surface area contributed by atoms with Gasteiger partial charge < -0.3 is 29.6 Å². The molecule has 1 aliphatic rings. The Bertz CT molecular complexity index is 610. The molecular weight excluding hydrogens is 485 g/mol. The van der Waals surface area contributed by atoms with Gasteiger partial charge in [0, 0.05) is 37.8 Å². The normalized spacial score (nSPS) is 17.4. The molecule has 0 radical (unpaired) electrons. The first-order chi connectivity index (χ1) is 13.7. The van der Waals surface area contributed by atoms with Crippen LogP contribution in [0, 0.1) is 5.92 Å². The van der Waals surface area contributed by atoms with Crippen molar-refractivity contribution in [3.63, 3.8) is 0 Å². The van der Waals surface area contributed by atoms with Crippen LogP contribution in [0.15, 0.2) is 23.2 Å². The van der Waals surface area contributed by atoms with Gasteiger partial charge >= 0.3 is 0 Å². The molecule has 1 fully saturated rings. The van der Waals surface area contributed by atoms with E-state index in [0.29, 0.717) is 12.5 Å². The molecule has 7 nitrogen and oxygen atoms in total. The number of nitrogens with one attached hydrogen (secondary N) is 2. The van der Waals surface area contributed by atoms with E-state index >= 15 is 0 Å². The van der Waals surface area contributed by atoms with E-state index in [1.807, 2.05) is 18.2 Å². The van der Waals surface area contributed by atoms with Crippen LogP contribution in [0.4, 0.5) is 0 Å². The highest BCUT2D eigenvalue weighted by molar-refractivity contribution is 14.0. The van der Waals surface area contributed by atoms with E-state index in [0.717, 1.165) is 68.8 Å². The molecule has 29 heavy (non-hydrogen) atoms. The molecule has 2 atom stereocenters. The lowest BCUT2D eigenvalue weighted by Crippen LogP contribution is -2.39. The van der Waals surface area contributed by atoms with E-state index in [-0.39, 0.29) is 30.0 Å². The molecule has 2 N–H and O–H groups in total. The highest BCUT2D eigenvalue weighted by atomic mass is 127. The third-order valence-electron chi connectivity index (χ3n) is 4.70. The number of ether oxygens (including phenoxy) is 4. The number of rotatable bonds is 11. The lowest BCUT2D eigenvalue weighted by Gasteiger charge is -2.20. The summed E-state index contributed by atoms with van der Waals surface area (Å²) in [5.74, 6) is 2.96. The van der Waals surface area contributed by atoms with Gasteiger partial charge in [0.1, 0.15) is 11.5 Å². The molecule has 1 aromatic rings. The smallest absolute Gasteiger partial charge is 0.191 e. The molecule has 1 saturated heterocycles. The zero-order valence-electron chi connectivity index (χ0n) is 18.0. The lowest BCUT2D eigenvalue weighted by molar-refractivity contribution is 0.0893. The number of nitrogens with zero attached hydrogens (tertiary/aromatic N) is 1. The predicted molar refractivity (Wildman–Crippen MR) is 127 cm³/mol. The fraction of sp³-hybridized carbons (Fsp3) is 0.667. The molecule has 8 heteroatoms. The Morgan fingerprint density at radius 1 is 1.31 bits per heavy atom. The fourth-order valence-electron chi connectivity index (χ4n) is 3.10. The van der Waals surface area contributed by atoms with Crippen LogP contribution >= 0.6 is 24.0 Å². The van der Waals surface area contributed by atoms with Crippen LogP contribution in [0.2, 0.25) is 0 Å². The summed E-state index contributed by atoms with van der Waals surface area (Å²) in [4.78, 5) is 4.66. The van der Waals surface area contributed by atoms with Crippen molar-refractivity contribution in [3.8, 4) is 11.5 Å². The van der Waals surface area contributed by atoms with Gasteiger partial charge in [-0.25, -0.2) is 0 Å². The molecule has 0 aliphatic carbocycles. The first-order valence-corrected chi connectivity index (χ1v) is 10.1. The van der Waals surface area contributed by atoms with Crippen molar-refractivity contribution < 1.29 is 18.9 Å². The molecule has 1 aliphatic heterocycles.